The molecule has 0 saturated carbocycles. The third-order valence-corrected chi connectivity index (χ3v) is 16.6. The van der Waals surface area contributed by atoms with Crippen molar-refractivity contribution < 1.29 is 0 Å². The molecule has 0 bridgehead atoms. The summed E-state index contributed by atoms with van der Waals surface area (Å²) in [5.74, 6) is 0.823. The molecule has 1 heterocycles. The molecule has 3 unspecified atom stereocenters. The Morgan fingerprint density at radius 1 is 0.552 bits per heavy atom. The first-order valence-electron chi connectivity index (χ1n) is 21.2. The van der Waals surface area contributed by atoms with Crippen LogP contribution in [-0.4, -0.2) is 0 Å². The maximum atomic E-state index is 2.60. The summed E-state index contributed by atoms with van der Waals surface area (Å²) < 4.78 is 0. The van der Waals surface area contributed by atoms with E-state index >= 15 is 0 Å². The minimum absolute atomic E-state index is 0.00405. The maximum absolute atomic E-state index is 2.60. The van der Waals surface area contributed by atoms with E-state index in [1.807, 2.05) is 0 Å². The van der Waals surface area contributed by atoms with Crippen LogP contribution >= 0.6 is 7.53 Å². The highest BCUT2D eigenvalue weighted by Gasteiger charge is 2.45. The second kappa shape index (κ2) is 13.0. The highest BCUT2D eigenvalue weighted by Crippen LogP contribution is 2.59. The number of hydrogen-bond acceptors (Lipinski definition) is 0. The number of aryl methyl sites for hydroxylation is 1. The van der Waals surface area contributed by atoms with Crippen molar-refractivity contribution in [1.82, 2.24) is 0 Å². The first-order chi connectivity index (χ1) is 28.6. The lowest BCUT2D eigenvalue weighted by molar-refractivity contribution is 0.394. The standard InChI is InChI=1S/C57H45P/c1-57(2)50-27-15-13-26-46(50)56-42-23-10-9-21-40(42)49(35-51(56)57)55-44-25-12-11-24-43(44)54(36-17-5-3-6-18-36)45-31-29-37(34-48(45)55)38-30-32-53-47(33-38)41-22-14-16-28-52(41)58(53)39-19-7-4-8-20-39/h3,5-7,9-13,15-21,23-35,46,50H,4,8,14,22H2,1-2H3. The van der Waals surface area contributed by atoms with Crippen molar-refractivity contribution in [2.45, 2.75) is 50.9 Å². The first-order valence-corrected chi connectivity index (χ1v) is 22.6. The van der Waals surface area contributed by atoms with Gasteiger partial charge in [-0.1, -0.05) is 173 Å². The Morgan fingerprint density at radius 3 is 2.05 bits per heavy atom. The molecule has 0 nitrogen and oxygen atoms in total. The molecule has 0 aliphatic heterocycles. The van der Waals surface area contributed by atoms with Gasteiger partial charge in [-0.25, -0.2) is 0 Å². The molecule has 58 heavy (non-hydrogen) atoms. The van der Waals surface area contributed by atoms with Gasteiger partial charge in [0.2, 0.25) is 0 Å². The Kier molecular flexibility index (Phi) is 7.67. The zero-order chi connectivity index (χ0) is 38.5. The van der Waals surface area contributed by atoms with E-state index in [9.17, 15) is 0 Å². The van der Waals surface area contributed by atoms with Gasteiger partial charge >= 0.3 is 0 Å². The van der Waals surface area contributed by atoms with Gasteiger partial charge in [0.15, 0.2) is 0 Å². The van der Waals surface area contributed by atoms with Crippen molar-refractivity contribution in [3.63, 3.8) is 0 Å². The SMILES string of the molecule is CC1(C)c2cc(-c3c4ccccc4c(-c4ccccc4)c4ccc(-c5ccc6c(c5)c5c(p6C6=CCCC=C6)C=CCC5)cc34)c3ccccc3c2C2C=CC=CC21. The summed E-state index contributed by atoms with van der Waals surface area (Å²) in [5.41, 5.74) is 12.4. The first kappa shape index (κ1) is 34.1. The van der Waals surface area contributed by atoms with Crippen LogP contribution < -0.4 is 0 Å². The Labute approximate surface area is 342 Å². The molecule has 0 radical (unpaired) electrons. The van der Waals surface area contributed by atoms with Gasteiger partial charge in [-0.2, -0.15) is 0 Å². The molecule has 0 N–H and O–H groups in total. The van der Waals surface area contributed by atoms with Crippen LogP contribution in [0.1, 0.15) is 61.0 Å². The Bertz CT molecular complexity index is 3190. The topological polar surface area (TPSA) is 0 Å². The monoisotopic (exact) mass is 760 g/mol. The molecule has 1 heteroatoms. The third kappa shape index (κ3) is 4.95. The Balaban J connectivity index is 1.16. The summed E-state index contributed by atoms with van der Waals surface area (Å²) in [6.07, 6.45) is 26.1. The predicted molar refractivity (Wildman–Crippen MR) is 253 cm³/mol. The smallest absolute Gasteiger partial charge is 0.0101 e. The third-order valence-electron chi connectivity index (χ3n) is 14.0. The molecular formula is C57H45P. The summed E-state index contributed by atoms with van der Waals surface area (Å²) >= 11 is 0. The molecule has 278 valence electrons. The van der Waals surface area contributed by atoms with E-state index < -0.39 is 7.53 Å². The quantitative estimate of drug-likeness (QED) is 0.157. The van der Waals surface area contributed by atoms with E-state index in [1.165, 1.54) is 92.6 Å². The summed E-state index contributed by atoms with van der Waals surface area (Å²) in [6.45, 7) is 4.93. The van der Waals surface area contributed by atoms with Gasteiger partial charge in [-0.15, -0.1) is 0 Å². The van der Waals surface area contributed by atoms with Crippen LogP contribution in [0.2, 0.25) is 0 Å². The number of hydrogen-bond donors (Lipinski definition) is 0. The molecule has 8 aromatic rings. The average Bonchev–Trinajstić information content (AvgIpc) is 3.73. The van der Waals surface area contributed by atoms with Crippen molar-refractivity contribution in [2.75, 3.05) is 0 Å². The summed E-state index contributed by atoms with van der Waals surface area (Å²) in [7, 11) is -0.506. The predicted octanol–water partition coefficient (Wildman–Crippen LogP) is 16.6. The van der Waals surface area contributed by atoms with E-state index in [4.69, 9.17) is 0 Å². The Hall–Kier alpha value is -5.94. The van der Waals surface area contributed by atoms with Gasteiger partial charge < -0.3 is 0 Å². The molecule has 0 spiro atoms. The van der Waals surface area contributed by atoms with Crippen molar-refractivity contribution in [3.05, 3.63) is 192 Å². The second-order valence-electron chi connectivity index (χ2n) is 17.4. The average molecular weight is 761 g/mol. The van der Waals surface area contributed by atoms with Crippen molar-refractivity contribution in [2.24, 2.45) is 5.92 Å². The van der Waals surface area contributed by atoms with Crippen LogP contribution in [0.4, 0.5) is 0 Å². The number of rotatable bonds is 4. The zero-order valence-electron chi connectivity index (χ0n) is 33.2. The van der Waals surface area contributed by atoms with Gasteiger partial charge in [0.05, 0.1) is 0 Å². The van der Waals surface area contributed by atoms with E-state index in [2.05, 4.69) is 190 Å². The lowest BCUT2D eigenvalue weighted by Crippen LogP contribution is -2.24. The van der Waals surface area contributed by atoms with Crippen molar-refractivity contribution in [1.29, 1.82) is 0 Å². The Morgan fingerprint density at radius 2 is 1.24 bits per heavy atom. The lowest BCUT2D eigenvalue weighted by Gasteiger charge is -2.29. The zero-order valence-corrected chi connectivity index (χ0v) is 34.1. The summed E-state index contributed by atoms with van der Waals surface area (Å²) in [6, 6.07) is 46.9. The molecule has 1 aromatic heterocycles. The van der Waals surface area contributed by atoms with Crippen molar-refractivity contribution >= 4 is 61.7 Å². The van der Waals surface area contributed by atoms with Crippen LogP contribution in [0.3, 0.4) is 0 Å². The molecule has 3 atom stereocenters. The van der Waals surface area contributed by atoms with E-state index in [0.717, 1.165) is 25.7 Å². The van der Waals surface area contributed by atoms with Crippen LogP contribution in [0, 0.1) is 5.92 Å². The molecule has 4 aliphatic carbocycles. The summed E-state index contributed by atoms with van der Waals surface area (Å²) in [5, 5.41) is 14.1. The van der Waals surface area contributed by atoms with Crippen molar-refractivity contribution in [3.8, 4) is 33.4 Å². The molecule has 0 saturated heterocycles. The van der Waals surface area contributed by atoms with Crippen LogP contribution in [-0.2, 0) is 11.8 Å². The van der Waals surface area contributed by atoms with Gasteiger partial charge in [0.25, 0.3) is 0 Å². The number of fused-ring (bicyclic) bond motifs is 10. The minimum Gasteiger partial charge on any atom is -0.0833 e. The fourth-order valence-electron chi connectivity index (χ4n) is 11.3. The highest BCUT2D eigenvalue weighted by atomic mass is 31.1. The molecule has 0 fully saturated rings. The van der Waals surface area contributed by atoms with Gasteiger partial charge in [0, 0.05) is 16.3 Å². The van der Waals surface area contributed by atoms with Gasteiger partial charge in [0.1, 0.15) is 0 Å². The fourth-order valence-corrected chi connectivity index (χ4v) is 14.1. The lowest BCUT2D eigenvalue weighted by atomic mass is 9.74. The molecular weight excluding hydrogens is 716 g/mol. The molecule has 12 rings (SSSR count). The van der Waals surface area contributed by atoms with E-state index in [-0.39, 0.29) is 5.41 Å². The second-order valence-corrected chi connectivity index (χ2v) is 19.5. The number of allylic oxidation sites excluding steroid dienone is 9. The van der Waals surface area contributed by atoms with Gasteiger partial charge in [-0.05, 0) is 154 Å². The summed E-state index contributed by atoms with van der Waals surface area (Å²) in [4.78, 5) is 0. The number of benzene rings is 7. The fraction of sp³-hybridized carbons (Fsp3) is 0.158. The molecule has 4 aliphatic rings. The molecule has 7 aromatic carbocycles. The van der Waals surface area contributed by atoms with Crippen LogP contribution in [0.5, 0.6) is 0 Å². The largest absolute Gasteiger partial charge is 0.0833 e. The van der Waals surface area contributed by atoms with Crippen LogP contribution in [0.25, 0.3) is 87.6 Å². The normalized spacial score (nSPS) is 19.2. The van der Waals surface area contributed by atoms with Gasteiger partial charge in [-0.3, -0.25) is 0 Å². The maximum Gasteiger partial charge on any atom is 0.0101 e. The minimum atomic E-state index is -0.506. The van der Waals surface area contributed by atoms with Crippen LogP contribution in [0.15, 0.2) is 170 Å². The molecule has 0 amide bonds. The van der Waals surface area contributed by atoms with E-state index in [1.54, 1.807) is 10.9 Å². The highest BCUT2D eigenvalue weighted by molar-refractivity contribution is 7.67. The van der Waals surface area contributed by atoms with E-state index in [0.29, 0.717) is 11.8 Å².